The van der Waals surface area contributed by atoms with E-state index >= 15 is 0 Å². The molecule has 0 amide bonds. The number of anilines is 1. The maximum Gasteiger partial charge on any atom is 0.181 e. The summed E-state index contributed by atoms with van der Waals surface area (Å²) < 4.78 is 8.01. The molecule has 1 aliphatic heterocycles. The Labute approximate surface area is 121 Å². The van der Waals surface area contributed by atoms with Gasteiger partial charge in [-0.1, -0.05) is 12.1 Å². The van der Waals surface area contributed by atoms with Gasteiger partial charge < -0.3 is 10.1 Å². The quantitative estimate of drug-likeness (QED) is 0.741. The highest BCUT2D eigenvalue weighted by Crippen LogP contribution is 2.33. The van der Waals surface area contributed by atoms with Gasteiger partial charge >= 0.3 is 0 Å². The van der Waals surface area contributed by atoms with E-state index in [1.54, 1.807) is 0 Å². The molecule has 1 N–H and O–H groups in total. The molecule has 1 unspecified atom stereocenters. The maximum atomic E-state index is 6.06. The molecule has 4 rings (SSSR count). The summed E-state index contributed by atoms with van der Waals surface area (Å²) in [6.07, 6.45) is -0.182. The first-order valence-electron chi connectivity index (χ1n) is 6.91. The Morgan fingerprint density at radius 2 is 2.10 bits per heavy atom. The minimum absolute atomic E-state index is 0.182. The molecule has 6 heteroatoms. The lowest BCUT2D eigenvalue weighted by Crippen LogP contribution is -2.25. The Morgan fingerprint density at radius 1 is 1.24 bits per heavy atom. The zero-order chi connectivity index (χ0) is 14.4. The molecule has 1 aliphatic rings. The number of benzene rings is 1. The molecule has 0 bridgehead atoms. The van der Waals surface area contributed by atoms with E-state index in [0.29, 0.717) is 6.54 Å². The van der Waals surface area contributed by atoms with Crippen LogP contribution in [0, 0.1) is 13.8 Å². The van der Waals surface area contributed by atoms with E-state index in [2.05, 4.69) is 20.5 Å². The number of rotatable bonds is 1. The van der Waals surface area contributed by atoms with Gasteiger partial charge in [-0.15, -0.1) is 10.2 Å². The molecule has 1 aromatic carbocycles. The number of fused-ring (bicyclic) bond motifs is 2. The average Bonchev–Trinajstić information content (AvgIpc) is 2.90. The molecular weight excluding hydrogens is 266 g/mol. The lowest BCUT2D eigenvalue weighted by atomic mass is 10.2. The number of para-hydroxylation sites is 2. The van der Waals surface area contributed by atoms with Crippen molar-refractivity contribution in [3.05, 3.63) is 47.7 Å². The summed E-state index contributed by atoms with van der Waals surface area (Å²) in [5, 5.41) is 11.9. The number of hydrogen-bond donors (Lipinski definition) is 1. The van der Waals surface area contributed by atoms with Crippen molar-refractivity contribution in [2.75, 3.05) is 11.9 Å². The van der Waals surface area contributed by atoms with E-state index in [4.69, 9.17) is 4.74 Å². The number of ether oxygens (including phenoxy) is 1. The fourth-order valence-electron chi connectivity index (χ4n) is 2.72. The van der Waals surface area contributed by atoms with E-state index in [9.17, 15) is 0 Å². The van der Waals surface area contributed by atoms with Crippen LogP contribution in [0.4, 0.5) is 5.69 Å². The molecule has 6 nitrogen and oxygen atoms in total. The number of hydrogen-bond acceptors (Lipinski definition) is 5. The third-order valence-electron chi connectivity index (χ3n) is 3.64. The molecule has 0 saturated carbocycles. The third kappa shape index (κ3) is 1.91. The predicted octanol–water partition coefficient (Wildman–Crippen LogP) is 2.29. The van der Waals surface area contributed by atoms with E-state index < -0.39 is 0 Å². The zero-order valence-electron chi connectivity index (χ0n) is 11.9. The van der Waals surface area contributed by atoms with Crippen LogP contribution in [-0.2, 0) is 0 Å². The van der Waals surface area contributed by atoms with Crippen molar-refractivity contribution < 1.29 is 4.74 Å². The first kappa shape index (κ1) is 12.1. The van der Waals surface area contributed by atoms with E-state index in [-0.39, 0.29) is 6.10 Å². The van der Waals surface area contributed by atoms with Gasteiger partial charge in [0.15, 0.2) is 17.6 Å². The second-order valence-corrected chi connectivity index (χ2v) is 5.18. The SMILES string of the molecule is Cc1cc2nnc(C3CNc4ccccc4O3)n2c(C)n1. The van der Waals surface area contributed by atoms with Crippen LogP contribution in [0.1, 0.15) is 23.4 Å². The first-order chi connectivity index (χ1) is 10.2. The Kier molecular flexibility index (Phi) is 2.57. The van der Waals surface area contributed by atoms with Crippen LogP contribution in [-0.4, -0.2) is 26.1 Å². The molecule has 0 saturated heterocycles. The van der Waals surface area contributed by atoms with Gasteiger partial charge in [-0.3, -0.25) is 4.40 Å². The molecule has 2 aromatic heterocycles. The lowest BCUT2D eigenvalue weighted by Gasteiger charge is -2.26. The monoisotopic (exact) mass is 281 g/mol. The Hall–Kier alpha value is -2.63. The topological polar surface area (TPSA) is 64.3 Å². The number of nitrogens with one attached hydrogen (secondary N) is 1. The Morgan fingerprint density at radius 3 is 3.00 bits per heavy atom. The number of aryl methyl sites for hydroxylation is 2. The molecule has 1 atom stereocenters. The normalized spacial score (nSPS) is 17.1. The van der Waals surface area contributed by atoms with Crippen molar-refractivity contribution in [2.45, 2.75) is 20.0 Å². The van der Waals surface area contributed by atoms with Crippen LogP contribution in [0.3, 0.4) is 0 Å². The highest BCUT2D eigenvalue weighted by molar-refractivity contribution is 5.58. The highest BCUT2D eigenvalue weighted by Gasteiger charge is 2.25. The molecule has 3 aromatic rings. The average molecular weight is 281 g/mol. The van der Waals surface area contributed by atoms with E-state index in [0.717, 1.165) is 34.4 Å². The van der Waals surface area contributed by atoms with Crippen LogP contribution >= 0.6 is 0 Å². The second kappa shape index (κ2) is 4.44. The molecular formula is C15H15N5O. The van der Waals surface area contributed by atoms with Crippen LogP contribution in [0.25, 0.3) is 5.65 Å². The molecule has 106 valence electrons. The second-order valence-electron chi connectivity index (χ2n) is 5.18. The summed E-state index contributed by atoms with van der Waals surface area (Å²) in [6, 6.07) is 9.82. The van der Waals surface area contributed by atoms with Gasteiger partial charge in [-0.05, 0) is 26.0 Å². The fourth-order valence-corrected chi connectivity index (χ4v) is 2.72. The van der Waals surface area contributed by atoms with Gasteiger partial charge in [0.25, 0.3) is 0 Å². The fraction of sp³-hybridized carbons (Fsp3) is 0.267. The van der Waals surface area contributed by atoms with Gasteiger partial charge in [0, 0.05) is 11.8 Å². The van der Waals surface area contributed by atoms with Gasteiger partial charge in [0.1, 0.15) is 11.6 Å². The minimum atomic E-state index is -0.182. The van der Waals surface area contributed by atoms with Crippen molar-refractivity contribution in [3.63, 3.8) is 0 Å². The van der Waals surface area contributed by atoms with Crippen LogP contribution in [0.2, 0.25) is 0 Å². The third-order valence-corrected chi connectivity index (χ3v) is 3.64. The molecule has 0 aliphatic carbocycles. The smallest absolute Gasteiger partial charge is 0.181 e. The van der Waals surface area contributed by atoms with Crippen molar-refractivity contribution >= 4 is 11.3 Å². The summed E-state index contributed by atoms with van der Waals surface area (Å²) in [6.45, 7) is 4.57. The van der Waals surface area contributed by atoms with Gasteiger partial charge in [-0.2, -0.15) is 0 Å². The number of nitrogens with zero attached hydrogens (tertiary/aromatic N) is 4. The molecule has 0 radical (unpaired) electrons. The predicted molar refractivity (Wildman–Crippen MR) is 78.6 cm³/mol. The van der Waals surface area contributed by atoms with Gasteiger partial charge in [-0.25, -0.2) is 4.98 Å². The van der Waals surface area contributed by atoms with Gasteiger partial charge in [0.2, 0.25) is 0 Å². The van der Waals surface area contributed by atoms with E-state index in [1.165, 1.54) is 0 Å². The molecule has 0 spiro atoms. The van der Waals surface area contributed by atoms with Crippen molar-refractivity contribution in [1.29, 1.82) is 0 Å². The summed E-state index contributed by atoms with van der Waals surface area (Å²) in [7, 11) is 0. The number of aromatic nitrogens is 4. The van der Waals surface area contributed by atoms with E-state index in [1.807, 2.05) is 48.6 Å². The Bertz CT molecular complexity index is 826. The largest absolute Gasteiger partial charge is 0.478 e. The maximum absolute atomic E-state index is 6.06. The van der Waals surface area contributed by atoms with Crippen LogP contribution < -0.4 is 10.1 Å². The minimum Gasteiger partial charge on any atom is -0.478 e. The summed E-state index contributed by atoms with van der Waals surface area (Å²) in [5.41, 5.74) is 2.75. The summed E-state index contributed by atoms with van der Waals surface area (Å²) in [5.74, 6) is 2.48. The van der Waals surface area contributed by atoms with Crippen molar-refractivity contribution in [1.82, 2.24) is 19.6 Å². The zero-order valence-corrected chi connectivity index (χ0v) is 11.9. The lowest BCUT2D eigenvalue weighted by molar-refractivity contribution is 0.199. The van der Waals surface area contributed by atoms with Crippen LogP contribution in [0.15, 0.2) is 30.3 Å². The highest BCUT2D eigenvalue weighted by atomic mass is 16.5. The van der Waals surface area contributed by atoms with Crippen LogP contribution in [0.5, 0.6) is 5.75 Å². The van der Waals surface area contributed by atoms with Crippen molar-refractivity contribution in [3.8, 4) is 5.75 Å². The first-order valence-corrected chi connectivity index (χ1v) is 6.91. The summed E-state index contributed by atoms with van der Waals surface area (Å²) in [4.78, 5) is 4.48. The molecule has 21 heavy (non-hydrogen) atoms. The van der Waals surface area contributed by atoms with Gasteiger partial charge in [0.05, 0.1) is 12.2 Å². The van der Waals surface area contributed by atoms with Crippen molar-refractivity contribution in [2.24, 2.45) is 0 Å². The Balaban J connectivity index is 1.78. The molecule has 3 heterocycles. The summed E-state index contributed by atoms with van der Waals surface area (Å²) >= 11 is 0. The molecule has 0 fully saturated rings. The standard InChI is InChI=1S/C15H15N5O/c1-9-7-14-18-19-15(20(14)10(2)17-9)13-8-16-11-5-3-4-6-12(11)21-13/h3-7,13,16H,8H2,1-2H3.